The fourth-order valence-corrected chi connectivity index (χ4v) is 0.880. The number of aryl methyl sites for hydroxylation is 1. The van der Waals surface area contributed by atoms with Crippen LogP contribution in [0.15, 0.2) is 24.9 Å². The van der Waals surface area contributed by atoms with E-state index in [1.807, 2.05) is 7.05 Å². The predicted molar refractivity (Wildman–Crippen MR) is 42.0 cm³/mol. The minimum Gasteiger partial charge on any atom is -0.255 e. The summed E-state index contributed by atoms with van der Waals surface area (Å²) in [7, 11) is 1.82. The summed E-state index contributed by atoms with van der Waals surface area (Å²) in [5.74, 6) is 0.625. The summed E-state index contributed by atoms with van der Waals surface area (Å²) in [6.07, 6.45) is 4.78. The average Bonchev–Trinajstić information content (AvgIpc) is 2.54. The molecule has 0 saturated carbocycles. The standard InChI is InChI=1S/C7H7N5/c1-12-5-10-7(11-12)6-2-3-8-4-9-6/h2-5H,1H3. The van der Waals surface area contributed by atoms with Crippen LogP contribution in [0.4, 0.5) is 0 Å². The van der Waals surface area contributed by atoms with E-state index in [1.165, 1.54) is 6.33 Å². The van der Waals surface area contributed by atoms with E-state index in [4.69, 9.17) is 0 Å². The van der Waals surface area contributed by atoms with Gasteiger partial charge in [-0.25, -0.2) is 15.0 Å². The fraction of sp³-hybridized carbons (Fsp3) is 0.143. The molecular weight excluding hydrogens is 154 g/mol. The molecule has 5 nitrogen and oxygen atoms in total. The molecule has 2 aromatic heterocycles. The maximum atomic E-state index is 4.10. The normalized spacial score (nSPS) is 10.1. The van der Waals surface area contributed by atoms with E-state index in [9.17, 15) is 0 Å². The molecule has 0 aliphatic carbocycles. The molecule has 0 atom stereocenters. The minimum absolute atomic E-state index is 0.625. The van der Waals surface area contributed by atoms with E-state index < -0.39 is 0 Å². The smallest absolute Gasteiger partial charge is 0.199 e. The van der Waals surface area contributed by atoms with Gasteiger partial charge in [0.25, 0.3) is 0 Å². The lowest BCUT2D eigenvalue weighted by atomic mass is 10.4. The molecule has 0 amide bonds. The van der Waals surface area contributed by atoms with Crippen LogP contribution in [-0.2, 0) is 7.05 Å². The molecule has 0 unspecified atom stereocenters. The van der Waals surface area contributed by atoms with Crippen LogP contribution in [0, 0.1) is 0 Å². The van der Waals surface area contributed by atoms with E-state index in [1.54, 1.807) is 23.3 Å². The van der Waals surface area contributed by atoms with Crippen LogP contribution >= 0.6 is 0 Å². The Bertz CT molecular complexity index is 366. The summed E-state index contributed by atoms with van der Waals surface area (Å²) in [4.78, 5) is 11.9. The van der Waals surface area contributed by atoms with Gasteiger partial charge in [-0.2, -0.15) is 0 Å². The molecule has 5 heteroatoms. The van der Waals surface area contributed by atoms with Gasteiger partial charge in [0.15, 0.2) is 5.82 Å². The summed E-state index contributed by atoms with van der Waals surface area (Å²) in [5, 5.41) is 4.10. The van der Waals surface area contributed by atoms with Crippen molar-refractivity contribution < 1.29 is 0 Å². The molecule has 2 aromatic rings. The zero-order valence-corrected chi connectivity index (χ0v) is 6.55. The van der Waals surface area contributed by atoms with Gasteiger partial charge in [0.05, 0.1) is 0 Å². The largest absolute Gasteiger partial charge is 0.255 e. The molecule has 0 saturated heterocycles. The van der Waals surface area contributed by atoms with Crippen molar-refractivity contribution in [3.63, 3.8) is 0 Å². The van der Waals surface area contributed by atoms with Gasteiger partial charge in [-0.05, 0) is 6.07 Å². The van der Waals surface area contributed by atoms with Crippen molar-refractivity contribution in [1.29, 1.82) is 0 Å². The van der Waals surface area contributed by atoms with Gasteiger partial charge in [0.1, 0.15) is 18.3 Å². The van der Waals surface area contributed by atoms with Gasteiger partial charge in [-0.15, -0.1) is 5.10 Å². The lowest BCUT2D eigenvalue weighted by molar-refractivity contribution is 0.767. The Balaban J connectivity index is 2.45. The van der Waals surface area contributed by atoms with Crippen LogP contribution in [-0.4, -0.2) is 24.7 Å². The third kappa shape index (κ3) is 1.16. The summed E-state index contributed by atoms with van der Waals surface area (Å²) < 4.78 is 1.64. The lowest BCUT2D eigenvalue weighted by Gasteiger charge is -1.90. The highest BCUT2D eigenvalue weighted by Crippen LogP contribution is 2.07. The summed E-state index contributed by atoms with van der Waals surface area (Å²) in [5.41, 5.74) is 0.741. The van der Waals surface area contributed by atoms with Crippen LogP contribution < -0.4 is 0 Å². The molecule has 0 fully saturated rings. The second-order valence-corrected chi connectivity index (χ2v) is 2.34. The Kier molecular flexibility index (Phi) is 1.55. The first-order valence-corrected chi connectivity index (χ1v) is 3.48. The minimum atomic E-state index is 0.625. The molecule has 0 N–H and O–H groups in total. The number of rotatable bonds is 1. The molecule has 0 aliphatic heterocycles. The van der Waals surface area contributed by atoms with E-state index in [-0.39, 0.29) is 0 Å². The van der Waals surface area contributed by atoms with Crippen molar-refractivity contribution >= 4 is 0 Å². The zero-order valence-electron chi connectivity index (χ0n) is 6.55. The summed E-state index contributed by atoms with van der Waals surface area (Å²) in [6, 6.07) is 1.77. The van der Waals surface area contributed by atoms with Crippen LogP contribution in [0.5, 0.6) is 0 Å². The van der Waals surface area contributed by atoms with E-state index in [0.717, 1.165) is 5.69 Å². The average molecular weight is 161 g/mol. The second-order valence-electron chi connectivity index (χ2n) is 2.34. The third-order valence-electron chi connectivity index (χ3n) is 1.41. The summed E-state index contributed by atoms with van der Waals surface area (Å²) in [6.45, 7) is 0. The van der Waals surface area contributed by atoms with Crippen molar-refractivity contribution in [1.82, 2.24) is 24.7 Å². The first-order valence-electron chi connectivity index (χ1n) is 3.48. The molecule has 2 rings (SSSR count). The fourth-order valence-electron chi connectivity index (χ4n) is 0.880. The Morgan fingerprint density at radius 1 is 1.33 bits per heavy atom. The van der Waals surface area contributed by atoms with Crippen molar-refractivity contribution in [2.24, 2.45) is 7.05 Å². The number of hydrogen-bond donors (Lipinski definition) is 0. The van der Waals surface area contributed by atoms with Crippen LogP contribution in [0.25, 0.3) is 11.5 Å². The molecule has 2 heterocycles. The van der Waals surface area contributed by atoms with E-state index in [0.29, 0.717) is 5.82 Å². The Hall–Kier alpha value is -1.78. The number of nitrogens with zero attached hydrogens (tertiary/aromatic N) is 5. The van der Waals surface area contributed by atoms with Gasteiger partial charge in [0.2, 0.25) is 0 Å². The zero-order chi connectivity index (χ0) is 8.39. The second kappa shape index (κ2) is 2.69. The third-order valence-corrected chi connectivity index (χ3v) is 1.41. The molecule has 60 valence electrons. The predicted octanol–water partition coefficient (Wildman–Crippen LogP) is 0.272. The van der Waals surface area contributed by atoms with Gasteiger partial charge < -0.3 is 0 Å². The Morgan fingerprint density at radius 3 is 2.83 bits per heavy atom. The highest BCUT2D eigenvalue weighted by molar-refractivity contribution is 5.46. The van der Waals surface area contributed by atoms with E-state index in [2.05, 4.69) is 20.1 Å². The molecular formula is C7H7N5. The van der Waals surface area contributed by atoms with Crippen LogP contribution in [0.3, 0.4) is 0 Å². The molecule has 0 spiro atoms. The van der Waals surface area contributed by atoms with Crippen molar-refractivity contribution in [2.45, 2.75) is 0 Å². The van der Waals surface area contributed by atoms with Gasteiger partial charge in [-0.3, -0.25) is 4.68 Å². The van der Waals surface area contributed by atoms with E-state index >= 15 is 0 Å². The van der Waals surface area contributed by atoms with Gasteiger partial charge in [-0.1, -0.05) is 0 Å². The topological polar surface area (TPSA) is 56.5 Å². The lowest BCUT2D eigenvalue weighted by Crippen LogP contribution is -1.89. The monoisotopic (exact) mass is 161 g/mol. The van der Waals surface area contributed by atoms with Crippen LogP contribution in [0.2, 0.25) is 0 Å². The number of aromatic nitrogens is 5. The maximum Gasteiger partial charge on any atom is 0.199 e. The molecule has 12 heavy (non-hydrogen) atoms. The van der Waals surface area contributed by atoms with Crippen molar-refractivity contribution in [3.05, 3.63) is 24.9 Å². The first-order chi connectivity index (χ1) is 5.86. The van der Waals surface area contributed by atoms with Gasteiger partial charge >= 0.3 is 0 Å². The Labute approximate surface area is 69.1 Å². The number of hydrogen-bond acceptors (Lipinski definition) is 4. The van der Waals surface area contributed by atoms with Gasteiger partial charge in [0, 0.05) is 13.2 Å². The molecule has 0 aromatic carbocycles. The maximum absolute atomic E-state index is 4.10. The highest BCUT2D eigenvalue weighted by atomic mass is 15.3. The highest BCUT2D eigenvalue weighted by Gasteiger charge is 2.01. The summed E-state index contributed by atoms with van der Waals surface area (Å²) >= 11 is 0. The first kappa shape index (κ1) is 6.90. The van der Waals surface area contributed by atoms with Crippen molar-refractivity contribution in [3.8, 4) is 11.5 Å². The van der Waals surface area contributed by atoms with Crippen molar-refractivity contribution in [2.75, 3.05) is 0 Å². The SMILES string of the molecule is Cn1cnc(-c2ccncn2)n1. The van der Waals surface area contributed by atoms with Crippen LogP contribution in [0.1, 0.15) is 0 Å². The molecule has 0 radical (unpaired) electrons. The quantitative estimate of drug-likeness (QED) is 0.602. The molecule has 0 aliphatic rings. The molecule has 0 bridgehead atoms. The Morgan fingerprint density at radius 2 is 2.25 bits per heavy atom.